The van der Waals surface area contributed by atoms with Gasteiger partial charge in [0.25, 0.3) is 5.69 Å². The van der Waals surface area contributed by atoms with Crippen molar-refractivity contribution >= 4 is 17.5 Å². The van der Waals surface area contributed by atoms with E-state index in [-0.39, 0.29) is 16.8 Å². The van der Waals surface area contributed by atoms with Gasteiger partial charge in [-0.05, 0) is 23.8 Å². The third-order valence-corrected chi connectivity index (χ3v) is 3.09. The highest BCUT2D eigenvalue weighted by atomic mass is 16.6. The number of allylic oxidation sites excluding steroid dienone is 1. The fourth-order valence-corrected chi connectivity index (χ4v) is 1.96. The maximum absolute atomic E-state index is 12.4. The van der Waals surface area contributed by atoms with Crippen LogP contribution in [-0.4, -0.2) is 17.8 Å². The molecule has 2 aromatic carbocycles. The van der Waals surface area contributed by atoms with Gasteiger partial charge in [-0.1, -0.05) is 24.3 Å². The van der Waals surface area contributed by atoms with E-state index in [1.54, 1.807) is 24.3 Å². The standard InChI is InChI=1S/C17H12N2O4/c1-23-16-7-2-4-12(9-16)8-14(11-18)17(20)13-5-3-6-15(10-13)19(21)22/h2-10H,1H3/b14-8+. The minimum absolute atomic E-state index is 0.0925. The number of Topliss-reactive ketones (excluding diaryl/α,β-unsaturated/α-hetero) is 1. The molecule has 0 amide bonds. The number of ketones is 1. The van der Waals surface area contributed by atoms with Crippen LogP contribution in [0.4, 0.5) is 5.69 Å². The highest BCUT2D eigenvalue weighted by molar-refractivity contribution is 6.14. The molecule has 2 aromatic rings. The van der Waals surface area contributed by atoms with E-state index in [0.29, 0.717) is 11.3 Å². The van der Waals surface area contributed by atoms with E-state index in [2.05, 4.69) is 0 Å². The number of nitriles is 1. The van der Waals surface area contributed by atoms with E-state index < -0.39 is 10.7 Å². The Hall–Kier alpha value is -3.46. The first-order chi connectivity index (χ1) is 11.0. The Morgan fingerprint density at radius 2 is 2.00 bits per heavy atom. The molecule has 0 radical (unpaired) electrons. The van der Waals surface area contributed by atoms with Gasteiger partial charge in [-0.3, -0.25) is 14.9 Å². The molecule has 0 atom stereocenters. The predicted molar refractivity (Wildman–Crippen MR) is 84.0 cm³/mol. The lowest BCUT2D eigenvalue weighted by Crippen LogP contribution is -2.02. The summed E-state index contributed by atoms with van der Waals surface area (Å²) in [5.41, 5.74) is 0.405. The molecule has 114 valence electrons. The zero-order valence-corrected chi connectivity index (χ0v) is 12.2. The van der Waals surface area contributed by atoms with Gasteiger partial charge in [0, 0.05) is 17.7 Å². The molecule has 23 heavy (non-hydrogen) atoms. The number of carbonyl (C=O) groups excluding carboxylic acids is 1. The molecule has 0 spiro atoms. The number of carbonyl (C=O) groups is 1. The van der Waals surface area contributed by atoms with Crippen molar-refractivity contribution < 1.29 is 14.5 Å². The summed E-state index contributed by atoms with van der Waals surface area (Å²) in [7, 11) is 1.52. The van der Waals surface area contributed by atoms with Crippen LogP contribution >= 0.6 is 0 Å². The number of non-ortho nitro benzene ring substituents is 1. The smallest absolute Gasteiger partial charge is 0.270 e. The number of rotatable bonds is 5. The summed E-state index contributed by atoms with van der Waals surface area (Å²) >= 11 is 0. The third kappa shape index (κ3) is 3.80. The molecular formula is C17H12N2O4. The second-order valence-electron chi connectivity index (χ2n) is 4.58. The van der Waals surface area contributed by atoms with E-state index in [0.717, 1.165) is 6.07 Å². The van der Waals surface area contributed by atoms with Crippen molar-refractivity contribution in [1.82, 2.24) is 0 Å². The molecule has 6 heteroatoms. The summed E-state index contributed by atoms with van der Waals surface area (Å²) in [5.74, 6) is 0.0258. The quantitative estimate of drug-likeness (QED) is 0.277. The van der Waals surface area contributed by atoms with Crippen LogP contribution in [0.5, 0.6) is 5.75 Å². The molecule has 0 unspecified atom stereocenters. The van der Waals surface area contributed by atoms with Crippen molar-refractivity contribution in [3.05, 3.63) is 75.3 Å². The van der Waals surface area contributed by atoms with E-state index in [1.165, 1.54) is 31.4 Å². The average molecular weight is 308 g/mol. The molecule has 0 aliphatic rings. The van der Waals surface area contributed by atoms with E-state index in [4.69, 9.17) is 4.74 Å². The largest absolute Gasteiger partial charge is 0.497 e. The van der Waals surface area contributed by atoms with Gasteiger partial charge in [-0.15, -0.1) is 0 Å². The molecule has 2 rings (SSSR count). The lowest BCUT2D eigenvalue weighted by molar-refractivity contribution is -0.384. The molecule has 0 aliphatic heterocycles. The monoisotopic (exact) mass is 308 g/mol. The zero-order valence-electron chi connectivity index (χ0n) is 12.2. The molecule has 0 aliphatic carbocycles. The summed E-state index contributed by atoms with van der Waals surface area (Å²) in [6.45, 7) is 0. The van der Waals surface area contributed by atoms with Crippen molar-refractivity contribution in [2.45, 2.75) is 0 Å². The van der Waals surface area contributed by atoms with Gasteiger partial charge < -0.3 is 4.74 Å². The Kier molecular flexibility index (Phi) is 4.85. The Bertz CT molecular complexity index is 834. The van der Waals surface area contributed by atoms with Crippen molar-refractivity contribution in [2.75, 3.05) is 7.11 Å². The molecule has 0 heterocycles. The molecule has 0 N–H and O–H groups in total. The van der Waals surface area contributed by atoms with Crippen LogP contribution in [0.2, 0.25) is 0 Å². The van der Waals surface area contributed by atoms with Gasteiger partial charge in [0.2, 0.25) is 5.78 Å². The van der Waals surface area contributed by atoms with Crippen LogP contribution in [0.1, 0.15) is 15.9 Å². The number of nitro groups is 1. The van der Waals surface area contributed by atoms with Crippen LogP contribution in [0.3, 0.4) is 0 Å². The number of methoxy groups -OCH3 is 1. The maximum Gasteiger partial charge on any atom is 0.270 e. The maximum atomic E-state index is 12.4. The van der Waals surface area contributed by atoms with Crippen molar-refractivity contribution in [2.24, 2.45) is 0 Å². The Balaban J connectivity index is 2.38. The van der Waals surface area contributed by atoms with Crippen molar-refractivity contribution in [3.63, 3.8) is 0 Å². The predicted octanol–water partition coefficient (Wildman–Crippen LogP) is 3.39. The minimum Gasteiger partial charge on any atom is -0.497 e. The second-order valence-corrected chi connectivity index (χ2v) is 4.58. The van der Waals surface area contributed by atoms with Crippen LogP contribution in [0, 0.1) is 21.4 Å². The van der Waals surface area contributed by atoms with Crippen molar-refractivity contribution in [1.29, 1.82) is 5.26 Å². The fraction of sp³-hybridized carbons (Fsp3) is 0.0588. The molecule has 0 bridgehead atoms. The number of nitrogens with zero attached hydrogens (tertiary/aromatic N) is 2. The highest BCUT2D eigenvalue weighted by Gasteiger charge is 2.15. The molecule has 6 nitrogen and oxygen atoms in total. The molecule has 0 aromatic heterocycles. The third-order valence-electron chi connectivity index (χ3n) is 3.09. The molecular weight excluding hydrogens is 296 g/mol. The first-order valence-electron chi connectivity index (χ1n) is 6.60. The Morgan fingerprint density at radius 1 is 1.26 bits per heavy atom. The SMILES string of the molecule is COc1cccc(/C=C(\C#N)C(=O)c2cccc([N+](=O)[O-])c2)c1. The summed E-state index contributed by atoms with van der Waals surface area (Å²) in [6, 6.07) is 14.0. The van der Waals surface area contributed by atoms with Gasteiger partial charge in [0.05, 0.1) is 12.0 Å². The lowest BCUT2D eigenvalue weighted by Gasteiger charge is -2.02. The molecule has 0 saturated carbocycles. The molecule has 0 fully saturated rings. The van der Waals surface area contributed by atoms with Gasteiger partial charge >= 0.3 is 0 Å². The van der Waals surface area contributed by atoms with Gasteiger partial charge in [-0.2, -0.15) is 5.26 Å². The van der Waals surface area contributed by atoms with Crippen LogP contribution in [-0.2, 0) is 0 Å². The summed E-state index contributed by atoms with van der Waals surface area (Å²) in [5, 5.41) is 20.0. The Morgan fingerprint density at radius 3 is 2.65 bits per heavy atom. The number of nitro benzene ring substituents is 1. The van der Waals surface area contributed by atoms with E-state index >= 15 is 0 Å². The molecule has 0 saturated heterocycles. The van der Waals surface area contributed by atoms with Gasteiger partial charge in [0.15, 0.2) is 0 Å². The van der Waals surface area contributed by atoms with Gasteiger partial charge in [0.1, 0.15) is 17.4 Å². The zero-order chi connectivity index (χ0) is 16.8. The minimum atomic E-state index is -0.589. The number of ether oxygens (including phenoxy) is 1. The van der Waals surface area contributed by atoms with E-state index in [9.17, 15) is 20.2 Å². The van der Waals surface area contributed by atoms with Crippen LogP contribution in [0.25, 0.3) is 6.08 Å². The van der Waals surface area contributed by atoms with Crippen molar-refractivity contribution in [3.8, 4) is 11.8 Å². The number of benzene rings is 2. The summed E-state index contributed by atoms with van der Waals surface area (Å²) < 4.78 is 5.09. The normalized spacial score (nSPS) is 10.7. The van der Waals surface area contributed by atoms with E-state index in [1.807, 2.05) is 6.07 Å². The Labute approximate surface area is 132 Å². The lowest BCUT2D eigenvalue weighted by atomic mass is 10.0. The number of hydrogen-bond acceptors (Lipinski definition) is 5. The van der Waals surface area contributed by atoms with Gasteiger partial charge in [-0.25, -0.2) is 0 Å². The fourth-order valence-electron chi connectivity index (χ4n) is 1.96. The highest BCUT2D eigenvalue weighted by Crippen LogP contribution is 2.19. The summed E-state index contributed by atoms with van der Waals surface area (Å²) in [6.07, 6.45) is 1.42. The first-order valence-corrected chi connectivity index (χ1v) is 6.60. The summed E-state index contributed by atoms with van der Waals surface area (Å²) in [4.78, 5) is 22.6. The van der Waals surface area contributed by atoms with Crippen LogP contribution in [0.15, 0.2) is 54.1 Å². The van der Waals surface area contributed by atoms with Crippen LogP contribution < -0.4 is 4.74 Å². The second kappa shape index (κ2) is 7.00. The average Bonchev–Trinajstić information content (AvgIpc) is 2.59. The number of hydrogen-bond donors (Lipinski definition) is 0. The first kappa shape index (κ1) is 15.9. The topological polar surface area (TPSA) is 93.2 Å².